The molecule has 1 aliphatic rings. The van der Waals surface area contributed by atoms with Gasteiger partial charge in [0.15, 0.2) is 0 Å². The Morgan fingerprint density at radius 3 is 3.00 bits per heavy atom. The maximum atomic E-state index is 11.3. The molecule has 0 spiro atoms. The number of ether oxygens (including phenoxy) is 1. The third kappa shape index (κ3) is 2.42. The zero-order chi connectivity index (χ0) is 14.9. The molecule has 2 heterocycles. The van der Waals surface area contributed by atoms with Gasteiger partial charge in [0, 0.05) is 11.8 Å². The van der Waals surface area contributed by atoms with Gasteiger partial charge in [-0.1, -0.05) is 0 Å². The van der Waals surface area contributed by atoms with Crippen molar-refractivity contribution in [1.29, 1.82) is 0 Å². The van der Waals surface area contributed by atoms with Crippen LogP contribution >= 0.6 is 0 Å². The van der Waals surface area contributed by atoms with Crippen molar-refractivity contribution in [2.45, 2.75) is 19.9 Å². The Morgan fingerprint density at radius 2 is 2.40 bits per heavy atom. The molecule has 108 valence electrons. The monoisotopic (exact) mass is 281 g/mol. The van der Waals surface area contributed by atoms with Crippen molar-refractivity contribution >= 4 is 17.5 Å². The van der Waals surface area contributed by atoms with Gasteiger partial charge in [-0.25, -0.2) is 4.98 Å². The van der Waals surface area contributed by atoms with Gasteiger partial charge >= 0.3 is 5.97 Å². The number of nitrogens with one attached hydrogen (secondary N) is 1. The number of carboxylic acid groups (broad SMARTS) is 1. The van der Waals surface area contributed by atoms with Gasteiger partial charge in [0.25, 0.3) is 5.69 Å². The van der Waals surface area contributed by atoms with Crippen molar-refractivity contribution in [3.63, 3.8) is 0 Å². The normalized spacial score (nSPS) is 25.4. The quantitative estimate of drug-likeness (QED) is 0.629. The number of aryl methyl sites for hydroxylation is 1. The predicted molar refractivity (Wildman–Crippen MR) is 69.6 cm³/mol. The number of nitro groups is 1. The van der Waals surface area contributed by atoms with Crippen molar-refractivity contribution in [2.24, 2.45) is 5.41 Å². The molecule has 0 saturated carbocycles. The average molecular weight is 281 g/mol. The highest BCUT2D eigenvalue weighted by atomic mass is 16.6. The lowest BCUT2D eigenvalue weighted by atomic mass is 9.85. The topological polar surface area (TPSA) is 115 Å². The number of anilines is 1. The van der Waals surface area contributed by atoms with E-state index in [0.717, 1.165) is 0 Å². The number of hydrogen-bond donors (Lipinski definition) is 2. The van der Waals surface area contributed by atoms with Crippen LogP contribution in [-0.2, 0) is 9.53 Å². The molecule has 2 atom stereocenters. The Labute approximate surface area is 114 Å². The number of hydrogen-bond acceptors (Lipinski definition) is 6. The summed E-state index contributed by atoms with van der Waals surface area (Å²) in [5, 5.41) is 23.1. The van der Waals surface area contributed by atoms with Gasteiger partial charge in [-0.05, 0) is 13.8 Å². The second kappa shape index (κ2) is 5.04. The predicted octanol–water partition coefficient (Wildman–Crippen LogP) is 1.20. The van der Waals surface area contributed by atoms with E-state index < -0.39 is 22.3 Å². The maximum Gasteiger partial charge on any atom is 0.313 e. The van der Waals surface area contributed by atoms with Gasteiger partial charge in [-0.2, -0.15) is 0 Å². The van der Waals surface area contributed by atoms with Crippen LogP contribution in [-0.4, -0.2) is 40.2 Å². The van der Waals surface area contributed by atoms with Crippen LogP contribution in [0.1, 0.15) is 12.5 Å². The van der Waals surface area contributed by atoms with Gasteiger partial charge in [0.1, 0.15) is 11.2 Å². The highest BCUT2D eigenvalue weighted by molar-refractivity contribution is 5.76. The SMILES string of the molecule is Cc1cnc(NC2COCC2(C)C(=O)O)cc1[N+](=O)[O-]. The first-order valence-corrected chi connectivity index (χ1v) is 6.03. The summed E-state index contributed by atoms with van der Waals surface area (Å²) in [6, 6.07) is 0.811. The molecule has 8 heteroatoms. The Bertz CT molecular complexity index is 562. The summed E-state index contributed by atoms with van der Waals surface area (Å²) in [5.74, 6) is -0.709. The van der Waals surface area contributed by atoms with Crippen LogP contribution in [0.15, 0.2) is 12.3 Å². The molecule has 0 radical (unpaired) electrons. The van der Waals surface area contributed by atoms with Crippen LogP contribution in [0.25, 0.3) is 0 Å². The molecule has 0 bridgehead atoms. The molecule has 0 aliphatic carbocycles. The van der Waals surface area contributed by atoms with Crippen LogP contribution in [0, 0.1) is 22.5 Å². The fourth-order valence-corrected chi connectivity index (χ4v) is 2.05. The number of nitrogens with zero attached hydrogens (tertiary/aromatic N) is 2. The zero-order valence-corrected chi connectivity index (χ0v) is 11.1. The Balaban J connectivity index is 2.24. The first kappa shape index (κ1) is 14.2. The average Bonchev–Trinajstić information content (AvgIpc) is 2.74. The smallest absolute Gasteiger partial charge is 0.313 e. The van der Waals surface area contributed by atoms with Crippen LogP contribution in [0.2, 0.25) is 0 Å². The summed E-state index contributed by atoms with van der Waals surface area (Å²) in [4.78, 5) is 25.7. The molecule has 0 amide bonds. The number of aliphatic carboxylic acids is 1. The molecule has 1 aliphatic heterocycles. The number of rotatable bonds is 4. The van der Waals surface area contributed by atoms with Gasteiger partial charge in [0.2, 0.25) is 0 Å². The molecule has 2 rings (SSSR count). The van der Waals surface area contributed by atoms with E-state index in [9.17, 15) is 20.0 Å². The highest BCUT2D eigenvalue weighted by Gasteiger charge is 2.46. The molecule has 2 unspecified atom stereocenters. The summed E-state index contributed by atoms with van der Waals surface area (Å²) in [6.07, 6.45) is 1.38. The lowest BCUT2D eigenvalue weighted by Gasteiger charge is -2.25. The lowest BCUT2D eigenvalue weighted by molar-refractivity contribution is -0.385. The Morgan fingerprint density at radius 1 is 1.70 bits per heavy atom. The third-order valence-corrected chi connectivity index (χ3v) is 3.54. The van der Waals surface area contributed by atoms with Crippen LogP contribution in [0.3, 0.4) is 0 Å². The summed E-state index contributed by atoms with van der Waals surface area (Å²) in [7, 11) is 0. The second-order valence-electron chi connectivity index (χ2n) is 5.05. The summed E-state index contributed by atoms with van der Waals surface area (Å²) in [5.41, 5.74) is -0.691. The maximum absolute atomic E-state index is 11.3. The van der Waals surface area contributed by atoms with Gasteiger partial charge in [0.05, 0.1) is 30.2 Å². The Hall–Kier alpha value is -2.22. The molecule has 20 heavy (non-hydrogen) atoms. The molecule has 1 aromatic rings. The van der Waals surface area contributed by atoms with E-state index in [4.69, 9.17) is 4.74 Å². The van der Waals surface area contributed by atoms with Crippen molar-refractivity contribution in [2.75, 3.05) is 18.5 Å². The highest BCUT2D eigenvalue weighted by Crippen LogP contribution is 2.31. The van der Waals surface area contributed by atoms with Crippen molar-refractivity contribution in [3.05, 3.63) is 27.9 Å². The van der Waals surface area contributed by atoms with E-state index in [-0.39, 0.29) is 24.7 Å². The van der Waals surface area contributed by atoms with Crippen molar-refractivity contribution in [1.82, 2.24) is 4.98 Å². The minimum Gasteiger partial charge on any atom is -0.481 e. The molecule has 8 nitrogen and oxygen atoms in total. The number of carboxylic acids is 1. The lowest BCUT2D eigenvalue weighted by Crippen LogP contribution is -2.43. The van der Waals surface area contributed by atoms with Gasteiger partial charge in [-0.15, -0.1) is 0 Å². The molecular formula is C12H15N3O5. The zero-order valence-electron chi connectivity index (χ0n) is 11.1. The fourth-order valence-electron chi connectivity index (χ4n) is 2.05. The Kier molecular flexibility index (Phi) is 3.58. The van der Waals surface area contributed by atoms with Crippen LogP contribution < -0.4 is 5.32 Å². The third-order valence-electron chi connectivity index (χ3n) is 3.54. The van der Waals surface area contributed by atoms with Gasteiger partial charge in [-0.3, -0.25) is 14.9 Å². The van der Waals surface area contributed by atoms with Crippen LogP contribution in [0.5, 0.6) is 0 Å². The molecule has 1 saturated heterocycles. The van der Waals surface area contributed by atoms with Crippen molar-refractivity contribution in [3.8, 4) is 0 Å². The first-order valence-electron chi connectivity index (χ1n) is 6.03. The van der Waals surface area contributed by atoms with Gasteiger partial charge < -0.3 is 15.2 Å². The van der Waals surface area contributed by atoms with E-state index in [1.54, 1.807) is 13.8 Å². The van der Waals surface area contributed by atoms with Crippen LogP contribution in [0.4, 0.5) is 11.5 Å². The molecule has 0 aromatic carbocycles. The number of aromatic nitrogens is 1. The van der Waals surface area contributed by atoms with E-state index in [1.165, 1.54) is 12.3 Å². The minimum atomic E-state index is -1.08. The van der Waals surface area contributed by atoms with E-state index in [0.29, 0.717) is 5.56 Å². The van der Waals surface area contributed by atoms with Crippen molar-refractivity contribution < 1.29 is 19.6 Å². The fraction of sp³-hybridized carbons (Fsp3) is 0.500. The molecule has 1 fully saturated rings. The van der Waals surface area contributed by atoms with E-state index in [2.05, 4.69) is 10.3 Å². The molecular weight excluding hydrogens is 266 g/mol. The first-order chi connectivity index (χ1) is 9.34. The molecule has 1 aromatic heterocycles. The number of pyridine rings is 1. The number of carbonyl (C=O) groups is 1. The minimum absolute atomic E-state index is 0.0570. The van der Waals surface area contributed by atoms with E-state index >= 15 is 0 Å². The van der Waals surface area contributed by atoms with E-state index in [1.807, 2.05) is 0 Å². The second-order valence-corrected chi connectivity index (χ2v) is 5.05. The standard InChI is InChI=1S/C12H15N3O5/c1-7-4-13-10(3-8(7)15(18)19)14-9-5-20-6-12(9,2)11(16)17/h3-4,9H,5-6H2,1-2H3,(H,13,14)(H,16,17). The summed E-state index contributed by atoms with van der Waals surface area (Å²) >= 11 is 0. The largest absolute Gasteiger partial charge is 0.481 e. The molecule has 2 N–H and O–H groups in total. The summed E-state index contributed by atoms with van der Waals surface area (Å²) < 4.78 is 5.20. The summed E-state index contributed by atoms with van der Waals surface area (Å²) in [6.45, 7) is 3.47.